The molecule has 2 heterocycles. The van der Waals surface area contributed by atoms with Gasteiger partial charge in [0.05, 0.1) is 5.52 Å². The van der Waals surface area contributed by atoms with E-state index >= 15 is 0 Å². The van der Waals surface area contributed by atoms with Crippen LogP contribution in [0.2, 0.25) is 0 Å². The number of aromatic nitrogens is 1. The maximum atomic E-state index is 5.99. The Morgan fingerprint density at radius 2 is 2.16 bits per heavy atom. The Bertz CT molecular complexity index is 561. The van der Waals surface area contributed by atoms with Gasteiger partial charge in [0.2, 0.25) is 0 Å². The van der Waals surface area contributed by atoms with Crippen molar-refractivity contribution >= 4 is 10.9 Å². The maximum Gasteiger partial charge on any atom is 0.0749 e. The highest BCUT2D eigenvalue weighted by Crippen LogP contribution is 2.36. The molecule has 0 amide bonds. The summed E-state index contributed by atoms with van der Waals surface area (Å²) in [5.41, 5.74) is 8.45. The second-order valence-corrected chi connectivity index (χ2v) is 5.49. The van der Waals surface area contributed by atoms with E-state index in [1.165, 1.54) is 23.8 Å². The zero-order valence-corrected chi connectivity index (χ0v) is 11.4. The number of piperidine rings is 1. The molecule has 0 radical (unpaired) electrons. The summed E-state index contributed by atoms with van der Waals surface area (Å²) in [4.78, 5) is 7.03. The maximum absolute atomic E-state index is 5.99. The molecule has 2 N–H and O–H groups in total. The van der Waals surface area contributed by atoms with Crippen LogP contribution in [-0.4, -0.2) is 30.0 Å². The summed E-state index contributed by atoms with van der Waals surface area (Å²) in [5.74, 6) is 0.534. The number of benzene rings is 1. The lowest BCUT2D eigenvalue weighted by molar-refractivity contribution is 0.126. The Morgan fingerprint density at radius 3 is 3.00 bits per heavy atom. The van der Waals surface area contributed by atoms with Gasteiger partial charge in [-0.1, -0.05) is 24.3 Å². The fourth-order valence-corrected chi connectivity index (χ4v) is 3.36. The lowest BCUT2D eigenvalue weighted by atomic mass is 9.84. The lowest BCUT2D eigenvalue weighted by Crippen LogP contribution is -2.39. The fraction of sp³-hybridized carbons (Fsp3) is 0.438. The normalized spacial score (nSPS) is 24.7. The molecule has 2 atom stereocenters. The third kappa shape index (κ3) is 2.24. The summed E-state index contributed by atoms with van der Waals surface area (Å²) in [5, 5.41) is 1.22. The molecule has 1 aliphatic heterocycles. The van der Waals surface area contributed by atoms with Gasteiger partial charge in [0.1, 0.15) is 0 Å². The van der Waals surface area contributed by atoms with Gasteiger partial charge in [-0.25, -0.2) is 0 Å². The molecule has 1 saturated heterocycles. The number of rotatable bonds is 2. The third-order valence-corrected chi connectivity index (χ3v) is 4.29. The number of fused-ring (bicyclic) bond motifs is 1. The highest BCUT2D eigenvalue weighted by atomic mass is 15.1. The predicted octanol–water partition coefficient (Wildman–Crippen LogP) is 2.58. The Labute approximate surface area is 114 Å². The van der Waals surface area contributed by atoms with Gasteiger partial charge < -0.3 is 5.73 Å². The lowest BCUT2D eigenvalue weighted by Gasteiger charge is -2.39. The van der Waals surface area contributed by atoms with Crippen LogP contribution in [-0.2, 0) is 0 Å². The number of hydrogen-bond donors (Lipinski definition) is 1. The molecule has 0 aliphatic carbocycles. The van der Waals surface area contributed by atoms with Gasteiger partial charge in [0.25, 0.3) is 0 Å². The van der Waals surface area contributed by atoms with Crippen molar-refractivity contribution in [2.24, 2.45) is 11.7 Å². The van der Waals surface area contributed by atoms with Crippen molar-refractivity contribution in [3.8, 4) is 0 Å². The van der Waals surface area contributed by atoms with E-state index in [2.05, 4.69) is 41.2 Å². The Kier molecular flexibility index (Phi) is 3.49. The van der Waals surface area contributed by atoms with Gasteiger partial charge in [-0.2, -0.15) is 0 Å². The minimum Gasteiger partial charge on any atom is -0.330 e. The number of nitrogens with zero attached hydrogens (tertiary/aromatic N) is 2. The fourth-order valence-electron chi connectivity index (χ4n) is 3.36. The quantitative estimate of drug-likeness (QED) is 0.897. The third-order valence-electron chi connectivity index (χ3n) is 4.29. The number of para-hydroxylation sites is 1. The summed E-state index contributed by atoms with van der Waals surface area (Å²) in [6.07, 6.45) is 4.34. The molecule has 1 aliphatic rings. The van der Waals surface area contributed by atoms with E-state index in [0.717, 1.165) is 18.6 Å². The molecular weight excluding hydrogens is 234 g/mol. The van der Waals surface area contributed by atoms with Crippen molar-refractivity contribution in [2.45, 2.75) is 18.9 Å². The molecule has 100 valence electrons. The molecule has 19 heavy (non-hydrogen) atoms. The molecule has 1 aromatic heterocycles. The van der Waals surface area contributed by atoms with E-state index in [1.54, 1.807) is 0 Å². The molecule has 1 aromatic carbocycles. The number of likely N-dealkylation sites (tertiary alicyclic amines) is 1. The summed E-state index contributed by atoms with van der Waals surface area (Å²) >= 11 is 0. The Hall–Kier alpha value is -1.45. The first-order valence-electron chi connectivity index (χ1n) is 7.05. The first kappa shape index (κ1) is 12.6. The SMILES string of the molecule is CN1CCCC(CN)C1c1cccc2cccnc12. The number of hydrogen-bond acceptors (Lipinski definition) is 3. The molecule has 3 heteroatoms. The van der Waals surface area contributed by atoms with Gasteiger partial charge in [-0.05, 0) is 50.5 Å². The van der Waals surface area contributed by atoms with E-state index < -0.39 is 0 Å². The van der Waals surface area contributed by atoms with Crippen LogP contribution >= 0.6 is 0 Å². The Balaban J connectivity index is 2.11. The van der Waals surface area contributed by atoms with Gasteiger partial charge in [0.15, 0.2) is 0 Å². The van der Waals surface area contributed by atoms with Crippen molar-refractivity contribution < 1.29 is 0 Å². The topological polar surface area (TPSA) is 42.1 Å². The predicted molar refractivity (Wildman–Crippen MR) is 78.9 cm³/mol. The van der Waals surface area contributed by atoms with Crippen LogP contribution in [0.4, 0.5) is 0 Å². The smallest absolute Gasteiger partial charge is 0.0749 e. The average Bonchev–Trinajstić information content (AvgIpc) is 2.46. The van der Waals surface area contributed by atoms with E-state index in [0.29, 0.717) is 12.0 Å². The summed E-state index contributed by atoms with van der Waals surface area (Å²) < 4.78 is 0. The molecule has 2 unspecified atom stereocenters. The van der Waals surface area contributed by atoms with Crippen molar-refractivity contribution in [3.63, 3.8) is 0 Å². The van der Waals surface area contributed by atoms with E-state index in [4.69, 9.17) is 5.73 Å². The van der Waals surface area contributed by atoms with E-state index in [1.807, 2.05) is 12.3 Å². The zero-order chi connectivity index (χ0) is 13.2. The highest BCUT2D eigenvalue weighted by molar-refractivity contribution is 5.82. The van der Waals surface area contributed by atoms with Crippen LogP contribution in [0, 0.1) is 5.92 Å². The van der Waals surface area contributed by atoms with Gasteiger partial charge in [-0.3, -0.25) is 9.88 Å². The molecule has 1 fully saturated rings. The molecule has 0 bridgehead atoms. The second kappa shape index (κ2) is 5.27. The molecular formula is C16H21N3. The minimum absolute atomic E-state index is 0.400. The molecule has 2 aromatic rings. The minimum atomic E-state index is 0.400. The number of pyridine rings is 1. The van der Waals surface area contributed by atoms with E-state index in [9.17, 15) is 0 Å². The van der Waals surface area contributed by atoms with Crippen LogP contribution in [0.3, 0.4) is 0 Å². The first-order valence-corrected chi connectivity index (χ1v) is 7.05. The summed E-state index contributed by atoms with van der Waals surface area (Å²) in [6.45, 7) is 1.89. The molecule has 0 saturated carbocycles. The standard InChI is InChI=1S/C16H21N3/c1-19-10-4-7-13(11-17)16(19)14-8-2-5-12-6-3-9-18-15(12)14/h2-3,5-6,8-9,13,16H,4,7,10-11,17H2,1H3. The van der Waals surface area contributed by atoms with Crippen LogP contribution in [0.25, 0.3) is 10.9 Å². The molecule has 3 rings (SSSR count). The monoisotopic (exact) mass is 255 g/mol. The van der Waals surface area contributed by atoms with E-state index in [-0.39, 0.29) is 0 Å². The largest absolute Gasteiger partial charge is 0.330 e. The van der Waals surface area contributed by atoms with Crippen molar-refractivity contribution in [2.75, 3.05) is 20.1 Å². The van der Waals surface area contributed by atoms with Gasteiger partial charge in [-0.15, -0.1) is 0 Å². The van der Waals surface area contributed by atoms with Crippen molar-refractivity contribution in [3.05, 3.63) is 42.1 Å². The van der Waals surface area contributed by atoms with Crippen molar-refractivity contribution in [1.82, 2.24) is 9.88 Å². The van der Waals surface area contributed by atoms with Crippen LogP contribution < -0.4 is 5.73 Å². The Morgan fingerprint density at radius 1 is 1.32 bits per heavy atom. The second-order valence-electron chi connectivity index (χ2n) is 5.49. The van der Waals surface area contributed by atoms with Gasteiger partial charge >= 0.3 is 0 Å². The molecule has 3 nitrogen and oxygen atoms in total. The average molecular weight is 255 g/mol. The summed E-state index contributed by atoms with van der Waals surface area (Å²) in [7, 11) is 2.20. The van der Waals surface area contributed by atoms with Crippen LogP contribution in [0.5, 0.6) is 0 Å². The summed E-state index contributed by atoms with van der Waals surface area (Å²) in [6, 6.07) is 11.0. The molecule has 0 spiro atoms. The highest BCUT2D eigenvalue weighted by Gasteiger charge is 2.30. The first-order chi connectivity index (χ1) is 9.31. The van der Waals surface area contributed by atoms with Crippen LogP contribution in [0.15, 0.2) is 36.5 Å². The van der Waals surface area contributed by atoms with Gasteiger partial charge in [0, 0.05) is 17.6 Å². The van der Waals surface area contributed by atoms with Crippen molar-refractivity contribution in [1.29, 1.82) is 0 Å². The van der Waals surface area contributed by atoms with Crippen LogP contribution in [0.1, 0.15) is 24.4 Å². The number of nitrogens with two attached hydrogens (primary N) is 1. The zero-order valence-electron chi connectivity index (χ0n) is 11.4.